The molecule has 0 aliphatic rings. The molecule has 1 N–H and O–H groups in total. The molecule has 0 fully saturated rings. The first-order valence-electron chi connectivity index (χ1n) is 5.95. The minimum atomic E-state index is -4.85. The number of halogens is 4. The van der Waals surface area contributed by atoms with E-state index in [0.29, 0.717) is 0 Å². The van der Waals surface area contributed by atoms with Crippen LogP contribution in [0.1, 0.15) is 17.4 Å². The number of nitrogens with zero attached hydrogens (tertiary/aromatic N) is 2. The Hall–Kier alpha value is -2.29. The SMILES string of the molecule is CCOC(=O)c1n[nH]nc1-c1ccc(OC(F)(F)F)c(Cl)c1. The van der Waals surface area contributed by atoms with Crippen LogP contribution in [-0.2, 0) is 4.74 Å². The zero-order valence-corrected chi connectivity index (χ0v) is 11.8. The molecule has 0 saturated carbocycles. The van der Waals surface area contributed by atoms with Crippen LogP contribution < -0.4 is 4.74 Å². The fourth-order valence-corrected chi connectivity index (χ4v) is 1.85. The van der Waals surface area contributed by atoms with Gasteiger partial charge in [0.05, 0.1) is 11.6 Å². The molecule has 1 aromatic carbocycles. The Balaban J connectivity index is 2.33. The van der Waals surface area contributed by atoms with Crippen LogP contribution in [0.5, 0.6) is 5.75 Å². The fourth-order valence-electron chi connectivity index (χ4n) is 1.63. The normalized spacial score (nSPS) is 11.3. The van der Waals surface area contributed by atoms with Gasteiger partial charge in [0.1, 0.15) is 11.4 Å². The van der Waals surface area contributed by atoms with E-state index in [2.05, 4.69) is 20.1 Å². The molecule has 0 saturated heterocycles. The molecule has 1 heterocycles. The maximum Gasteiger partial charge on any atom is 0.573 e. The summed E-state index contributed by atoms with van der Waals surface area (Å²) in [6.07, 6.45) is -4.85. The van der Waals surface area contributed by atoms with Crippen molar-refractivity contribution in [2.45, 2.75) is 13.3 Å². The third-order valence-electron chi connectivity index (χ3n) is 2.45. The van der Waals surface area contributed by atoms with E-state index >= 15 is 0 Å². The second kappa shape index (κ2) is 6.22. The van der Waals surface area contributed by atoms with Crippen LogP contribution in [0.15, 0.2) is 18.2 Å². The summed E-state index contributed by atoms with van der Waals surface area (Å²) in [7, 11) is 0. The molecule has 118 valence electrons. The first kappa shape index (κ1) is 16.1. The van der Waals surface area contributed by atoms with E-state index in [4.69, 9.17) is 16.3 Å². The van der Waals surface area contributed by atoms with Crippen molar-refractivity contribution in [2.75, 3.05) is 6.61 Å². The van der Waals surface area contributed by atoms with Gasteiger partial charge in [-0.3, -0.25) is 0 Å². The van der Waals surface area contributed by atoms with Crippen LogP contribution in [0.2, 0.25) is 5.02 Å². The van der Waals surface area contributed by atoms with Crippen LogP contribution in [0, 0.1) is 0 Å². The molecule has 0 amide bonds. The lowest BCUT2D eigenvalue weighted by molar-refractivity contribution is -0.274. The lowest BCUT2D eigenvalue weighted by Gasteiger charge is -2.11. The quantitative estimate of drug-likeness (QED) is 0.868. The van der Waals surface area contributed by atoms with Crippen molar-refractivity contribution >= 4 is 17.6 Å². The van der Waals surface area contributed by atoms with Crippen molar-refractivity contribution in [3.05, 3.63) is 28.9 Å². The number of hydrogen-bond donors (Lipinski definition) is 1. The predicted octanol–water partition coefficient (Wildman–Crippen LogP) is 3.20. The smallest absolute Gasteiger partial charge is 0.461 e. The van der Waals surface area contributed by atoms with E-state index in [1.54, 1.807) is 6.92 Å². The number of carbonyl (C=O) groups excluding carboxylic acids is 1. The molecular weight excluding hydrogens is 327 g/mol. The summed E-state index contributed by atoms with van der Waals surface area (Å²) < 4.78 is 45.1. The molecule has 0 atom stereocenters. The maximum absolute atomic E-state index is 12.2. The van der Waals surface area contributed by atoms with Gasteiger partial charge in [0.2, 0.25) is 0 Å². The van der Waals surface area contributed by atoms with E-state index in [1.165, 1.54) is 12.1 Å². The molecule has 22 heavy (non-hydrogen) atoms. The van der Waals surface area contributed by atoms with Crippen LogP contribution >= 0.6 is 11.6 Å². The number of ether oxygens (including phenoxy) is 2. The Morgan fingerprint density at radius 2 is 2.09 bits per heavy atom. The Morgan fingerprint density at radius 1 is 1.36 bits per heavy atom. The van der Waals surface area contributed by atoms with Gasteiger partial charge >= 0.3 is 12.3 Å². The lowest BCUT2D eigenvalue weighted by Crippen LogP contribution is -2.17. The minimum Gasteiger partial charge on any atom is -0.461 e. The van der Waals surface area contributed by atoms with Gasteiger partial charge in [-0.1, -0.05) is 11.6 Å². The predicted molar refractivity (Wildman–Crippen MR) is 69.5 cm³/mol. The van der Waals surface area contributed by atoms with Crippen molar-refractivity contribution < 1.29 is 27.4 Å². The average molecular weight is 336 g/mol. The number of aromatic amines is 1. The summed E-state index contributed by atoms with van der Waals surface area (Å²) in [5, 5.41) is 9.40. The Labute approximate surface area is 127 Å². The molecule has 1 aromatic heterocycles. The van der Waals surface area contributed by atoms with Gasteiger partial charge in [0, 0.05) is 5.56 Å². The van der Waals surface area contributed by atoms with Crippen LogP contribution in [0.4, 0.5) is 13.2 Å². The number of benzene rings is 1. The molecule has 2 aromatic rings. The number of esters is 1. The standard InChI is InChI=1S/C12H9ClF3N3O3/c1-2-21-11(20)10-9(17-19-18-10)6-3-4-8(7(13)5-6)22-12(14,15)16/h3-5H,2H2,1H3,(H,17,18,19). The second-order valence-corrected chi connectivity index (χ2v) is 4.34. The van der Waals surface area contributed by atoms with Crippen LogP contribution in [0.3, 0.4) is 0 Å². The van der Waals surface area contributed by atoms with Crippen LogP contribution in [0.25, 0.3) is 11.3 Å². The third kappa shape index (κ3) is 3.67. The summed E-state index contributed by atoms with van der Waals surface area (Å²) in [5.41, 5.74) is 0.303. The van der Waals surface area contributed by atoms with Gasteiger partial charge in [0.15, 0.2) is 5.69 Å². The van der Waals surface area contributed by atoms with Gasteiger partial charge in [-0.25, -0.2) is 4.79 Å². The van der Waals surface area contributed by atoms with E-state index in [9.17, 15) is 18.0 Å². The van der Waals surface area contributed by atoms with Crippen molar-refractivity contribution in [1.29, 1.82) is 0 Å². The zero-order chi connectivity index (χ0) is 16.3. The summed E-state index contributed by atoms with van der Waals surface area (Å²) in [5.74, 6) is -1.27. The van der Waals surface area contributed by atoms with Gasteiger partial charge in [-0.05, 0) is 25.1 Å². The number of rotatable bonds is 4. The molecule has 10 heteroatoms. The van der Waals surface area contributed by atoms with Crippen LogP contribution in [-0.4, -0.2) is 34.3 Å². The molecule has 0 aliphatic carbocycles. The third-order valence-corrected chi connectivity index (χ3v) is 2.74. The topological polar surface area (TPSA) is 77.1 Å². The molecule has 2 rings (SSSR count). The van der Waals surface area contributed by atoms with Gasteiger partial charge in [-0.15, -0.1) is 18.3 Å². The summed E-state index contributed by atoms with van der Waals surface area (Å²) in [4.78, 5) is 11.7. The van der Waals surface area contributed by atoms with Crippen molar-refractivity contribution in [3.63, 3.8) is 0 Å². The Kier molecular flexibility index (Phi) is 4.55. The highest BCUT2D eigenvalue weighted by atomic mass is 35.5. The molecule has 0 bridgehead atoms. The highest BCUT2D eigenvalue weighted by Crippen LogP contribution is 2.33. The molecule has 6 nitrogen and oxygen atoms in total. The monoisotopic (exact) mass is 335 g/mol. The highest BCUT2D eigenvalue weighted by Gasteiger charge is 2.32. The average Bonchev–Trinajstić information content (AvgIpc) is 2.89. The summed E-state index contributed by atoms with van der Waals surface area (Å²) in [6, 6.07) is 3.48. The number of aromatic nitrogens is 3. The minimum absolute atomic E-state index is 0.0950. The number of H-pyrrole nitrogens is 1. The number of nitrogens with one attached hydrogen (secondary N) is 1. The maximum atomic E-state index is 12.2. The Bertz CT molecular complexity index is 688. The van der Waals surface area contributed by atoms with Crippen molar-refractivity contribution in [1.82, 2.24) is 15.4 Å². The zero-order valence-electron chi connectivity index (χ0n) is 11.1. The summed E-state index contributed by atoms with van der Waals surface area (Å²) in [6.45, 7) is 1.77. The number of hydrogen-bond acceptors (Lipinski definition) is 5. The first-order chi connectivity index (χ1) is 10.3. The number of alkyl halides is 3. The largest absolute Gasteiger partial charge is 0.573 e. The Morgan fingerprint density at radius 3 is 2.68 bits per heavy atom. The van der Waals surface area contributed by atoms with Gasteiger partial charge in [0.25, 0.3) is 0 Å². The number of carbonyl (C=O) groups is 1. The molecule has 0 unspecified atom stereocenters. The molecule has 0 aliphatic heterocycles. The van der Waals surface area contributed by atoms with E-state index < -0.39 is 18.1 Å². The fraction of sp³-hybridized carbons (Fsp3) is 0.250. The van der Waals surface area contributed by atoms with E-state index in [0.717, 1.165) is 6.07 Å². The van der Waals surface area contributed by atoms with E-state index in [-0.39, 0.29) is 28.6 Å². The highest BCUT2D eigenvalue weighted by molar-refractivity contribution is 6.32. The lowest BCUT2D eigenvalue weighted by atomic mass is 10.1. The van der Waals surface area contributed by atoms with Gasteiger partial charge < -0.3 is 9.47 Å². The summed E-state index contributed by atoms with van der Waals surface area (Å²) >= 11 is 5.75. The second-order valence-electron chi connectivity index (χ2n) is 3.93. The van der Waals surface area contributed by atoms with Gasteiger partial charge in [-0.2, -0.15) is 10.3 Å². The first-order valence-corrected chi connectivity index (χ1v) is 6.33. The van der Waals surface area contributed by atoms with Crippen molar-refractivity contribution in [3.8, 4) is 17.0 Å². The molecule has 0 radical (unpaired) electrons. The molecule has 0 spiro atoms. The van der Waals surface area contributed by atoms with Crippen molar-refractivity contribution in [2.24, 2.45) is 0 Å². The molecular formula is C12H9ClF3N3O3. The van der Waals surface area contributed by atoms with E-state index in [1.807, 2.05) is 0 Å².